The molecule has 0 aliphatic heterocycles. The quantitative estimate of drug-likeness (QED) is 0.759. The lowest BCUT2D eigenvalue weighted by atomic mass is 10.2. The van der Waals surface area contributed by atoms with Crippen molar-refractivity contribution in [2.75, 3.05) is 24.7 Å². The third kappa shape index (κ3) is 1.99. The Kier molecular flexibility index (Phi) is 2.59. The molecule has 2 aromatic heterocycles. The zero-order valence-corrected chi connectivity index (χ0v) is 10.9. The van der Waals surface area contributed by atoms with Gasteiger partial charge >= 0.3 is 0 Å². The highest BCUT2D eigenvalue weighted by Gasteiger charge is 2.08. The van der Waals surface area contributed by atoms with Crippen molar-refractivity contribution in [2.24, 2.45) is 0 Å². The van der Waals surface area contributed by atoms with Gasteiger partial charge in [-0.05, 0) is 36.4 Å². The number of nitrogens with two attached hydrogens (primary N) is 1. The van der Waals surface area contributed by atoms with E-state index < -0.39 is 0 Å². The molecule has 19 heavy (non-hydrogen) atoms. The summed E-state index contributed by atoms with van der Waals surface area (Å²) in [6, 6.07) is 11.8. The minimum atomic E-state index is 0.631. The molecular formula is C14H15N5. The Morgan fingerprint density at radius 2 is 1.84 bits per heavy atom. The van der Waals surface area contributed by atoms with Crippen LogP contribution in [0.25, 0.3) is 17.0 Å². The Bertz CT molecular complexity index is 712. The Morgan fingerprint density at radius 1 is 1.11 bits per heavy atom. The van der Waals surface area contributed by atoms with Crippen LogP contribution in [-0.2, 0) is 0 Å². The molecular weight excluding hydrogens is 238 g/mol. The van der Waals surface area contributed by atoms with E-state index in [-0.39, 0.29) is 0 Å². The molecule has 0 unspecified atom stereocenters. The maximum Gasteiger partial charge on any atom is 0.182 e. The van der Waals surface area contributed by atoms with Gasteiger partial charge in [0.15, 0.2) is 11.5 Å². The van der Waals surface area contributed by atoms with E-state index in [4.69, 9.17) is 5.73 Å². The standard InChI is InChI=1S/C14H15N5/c1-18(2)11-7-5-10(6-8-11)13-16-14-12(15)4-3-9-19(14)17-13/h3-9H,15H2,1-2H3. The largest absolute Gasteiger partial charge is 0.396 e. The summed E-state index contributed by atoms with van der Waals surface area (Å²) in [6.45, 7) is 0. The predicted molar refractivity (Wildman–Crippen MR) is 77.2 cm³/mol. The van der Waals surface area contributed by atoms with Gasteiger partial charge in [-0.3, -0.25) is 0 Å². The van der Waals surface area contributed by atoms with Gasteiger partial charge in [0, 0.05) is 31.5 Å². The summed E-state index contributed by atoms with van der Waals surface area (Å²) in [5, 5.41) is 4.43. The van der Waals surface area contributed by atoms with E-state index in [1.54, 1.807) is 4.52 Å². The molecule has 1 aromatic carbocycles. The molecule has 2 N–H and O–H groups in total. The highest BCUT2D eigenvalue weighted by atomic mass is 15.3. The summed E-state index contributed by atoms with van der Waals surface area (Å²) in [6.07, 6.45) is 1.84. The van der Waals surface area contributed by atoms with Gasteiger partial charge in [0.2, 0.25) is 0 Å². The number of nitrogens with zero attached hydrogens (tertiary/aromatic N) is 4. The maximum atomic E-state index is 5.88. The molecule has 96 valence electrons. The highest BCUT2D eigenvalue weighted by Crippen LogP contribution is 2.21. The highest BCUT2D eigenvalue weighted by molar-refractivity contribution is 5.68. The molecule has 5 heteroatoms. The summed E-state index contributed by atoms with van der Waals surface area (Å²) < 4.78 is 1.70. The first-order chi connectivity index (χ1) is 9.15. The number of anilines is 2. The van der Waals surface area contributed by atoms with Crippen molar-refractivity contribution in [3.8, 4) is 11.4 Å². The van der Waals surface area contributed by atoms with Gasteiger partial charge in [0.25, 0.3) is 0 Å². The van der Waals surface area contributed by atoms with Crippen LogP contribution < -0.4 is 10.6 Å². The molecule has 0 radical (unpaired) electrons. The predicted octanol–water partition coefficient (Wildman–Crippen LogP) is 2.04. The molecule has 0 amide bonds. The third-order valence-corrected chi connectivity index (χ3v) is 3.03. The summed E-state index contributed by atoms with van der Waals surface area (Å²) >= 11 is 0. The Balaban J connectivity index is 2.06. The molecule has 0 fully saturated rings. The smallest absolute Gasteiger partial charge is 0.182 e. The molecule has 2 heterocycles. The van der Waals surface area contributed by atoms with Gasteiger partial charge in [-0.25, -0.2) is 9.50 Å². The van der Waals surface area contributed by atoms with Crippen molar-refractivity contribution in [2.45, 2.75) is 0 Å². The van der Waals surface area contributed by atoms with Crippen LogP contribution in [0, 0.1) is 0 Å². The number of hydrogen-bond acceptors (Lipinski definition) is 4. The van der Waals surface area contributed by atoms with Gasteiger partial charge in [0.1, 0.15) is 0 Å². The summed E-state index contributed by atoms with van der Waals surface area (Å²) in [4.78, 5) is 6.52. The summed E-state index contributed by atoms with van der Waals surface area (Å²) in [5.41, 5.74) is 9.33. The molecule has 0 aliphatic carbocycles. The average Bonchev–Trinajstić information content (AvgIpc) is 2.84. The van der Waals surface area contributed by atoms with Crippen molar-refractivity contribution in [1.82, 2.24) is 14.6 Å². The molecule has 0 bridgehead atoms. The van der Waals surface area contributed by atoms with Gasteiger partial charge in [0.05, 0.1) is 5.69 Å². The van der Waals surface area contributed by atoms with Crippen LogP contribution >= 0.6 is 0 Å². The molecule has 5 nitrogen and oxygen atoms in total. The van der Waals surface area contributed by atoms with E-state index in [1.807, 2.05) is 56.7 Å². The van der Waals surface area contributed by atoms with Crippen LogP contribution in [0.4, 0.5) is 11.4 Å². The van der Waals surface area contributed by atoms with E-state index in [1.165, 1.54) is 0 Å². The zero-order valence-electron chi connectivity index (χ0n) is 10.9. The van der Waals surface area contributed by atoms with Crippen LogP contribution in [0.15, 0.2) is 42.6 Å². The second-order valence-corrected chi connectivity index (χ2v) is 4.61. The summed E-state index contributed by atoms with van der Waals surface area (Å²) in [7, 11) is 4.03. The maximum absolute atomic E-state index is 5.88. The number of benzene rings is 1. The van der Waals surface area contributed by atoms with E-state index in [0.29, 0.717) is 17.2 Å². The second-order valence-electron chi connectivity index (χ2n) is 4.61. The van der Waals surface area contributed by atoms with Crippen molar-refractivity contribution in [1.29, 1.82) is 0 Å². The normalized spacial score (nSPS) is 10.8. The Morgan fingerprint density at radius 3 is 2.47 bits per heavy atom. The van der Waals surface area contributed by atoms with E-state index in [9.17, 15) is 0 Å². The van der Waals surface area contributed by atoms with E-state index in [2.05, 4.69) is 15.0 Å². The van der Waals surface area contributed by atoms with Crippen molar-refractivity contribution >= 4 is 17.0 Å². The molecule has 3 rings (SSSR count). The van der Waals surface area contributed by atoms with Crippen molar-refractivity contribution in [3.05, 3.63) is 42.6 Å². The monoisotopic (exact) mass is 253 g/mol. The lowest BCUT2D eigenvalue weighted by Crippen LogP contribution is -2.07. The molecule has 0 saturated carbocycles. The number of hydrogen-bond donors (Lipinski definition) is 1. The topological polar surface area (TPSA) is 59.5 Å². The average molecular weight is 253 g/mol. The lowest BCUT2D eigenvalue weighted by Gasteiger charge is -2.11. The van der Waals surface area contributed by atoms with Crippen LogP contribution in [0.5, 0.6) is 0 Å². The number of aromatic nitrogens is 3. The van der Waals surface area contributed by atoms with Gasteiger partial charge < -0.3 is 10.6 Å². The minimum Gasteiger partial charge on any atom is -0.396 e. The fourth-order valence-electron chi connectivity index (χ4n) is 1.96. The number of fused-ring (bicyclic) bond motifs is 1. The first-order valence-electron chi connectivity index (χ1n) is 6.04. The fraction of sp³-hybridized carbons (Fsp3) is 0.143. The Labute approximate surface area is 111 Å². The van der Waals surface area contributed by atoms with Gasteiger partial charge in [-0.15, -0.1) is 5.10 Å². The minimum absolute atomic E-state index is 0.631. The molecule has 0 saturated heterocycles. The van der Waals surface area contributed by atoms with Gasteiger partial charge in [-0.1, -0.05) is 0 Å². The Hall–Kier alpha value is -2.56. The van der Waals surface area contributed by atoms with Crippen LogP contribution in [0.1, 0.15) is 0 Å². The molecule has 0 atom stereocenters. The molecule has 3 aromatic rings. The number of nitrogen functional groups attached to an aromatic ring is 1. The van der Waals surface area contributed by atoms with Crippen LogP contribution in [-0.4, -0.2) is 28.7 Å². The summed E-state index contributed by atoms with van der Waals surface area (Å²) in [5.74, 6) is 0.684. The van der Waals surface area contributed by atoms with E-state index >= 15 is 0 Å². The second kappa shape index (κ2) is 4.28. The van der Waals surface area contributed by atoms with Crippen molar-refractivity contribution < 1.29 is 0 Å². The fourth-order valence-corrected chi connectivity index (χ4v) is 1.96. The van der Waals surface area contributed by atoms with Crippen LogP contribution in [0.2, 0.25) is 0 Å². The van der Waals surface area contributed by atoms with Crippen molar-refractivity contribution in [3.63, 3.8) is 0 Å². The first-order valence-corrected chi connectivity index (χ1v) is 6.04. The van der Waals surface area contributed by atoms with Crippen LogP contribution in [0.3, 0.4) is 0 Å². The first kappa shape index (κ1) is 11.5. The van der Waals surface area contributed by atoms with Gasteiger partial charge in [-0.2, -0.15) is 0 Å². The third-order valence-electron chi connectivity index (χ3n) is 3.03. The number of rotatable bonds is 2. The van der Waals surface area contributed by atoms with E-state index in [0.717, 1.165) is 11.3 Å². The molecule has 0 aliphatic rings. The molecule has 0 spiro atoms. The zero-order chi connectivity index (χ0) is 13.4. The lowest BCUT2D eigenvalue weighted by molar-refractivity contribution is 0.967. The number of pyridine rings is 1. The SMILES string of the molecule is CN(C)c1ccc(-c2nc3c(N)cccn3n2)cc1.